The lowest BCUT2D eigenvalue weighted by Gasteiger charge is -2.24. The summed E-state index contributed by atoms with van der Waals surface area (Å²) in [6.07, 6.45) is 4.91. The van der Waals surface area contributed by atoms with Crippen LogP contribution in [0.1, 0.15) is 38.3 Å². The molecule has 23 heavy (non-hydrogen) atoms. The van der Waals surface area contributed by atoms with Gasteiger partial charge in [0.25, 0.3) is 0 Å². The maximum Gasteiger partial charge on any atom is 0.410 e. The average Bonchev–Trinajstić information content (AvgIpc) is 2.98. The van der Waals surface area contributed by atoms with E-state index in [-0.39, 0.29) is 6.09 Å². The highest BCUT2D eigenvalue weighted by atomic mass is 35.5. The van der Waals surface area contributed by atoms with E-state index in [0.717, 1.165) is 30.6 Å². The van der Waals surface area contributed by atoms with Crippen molar-refractivity contribution in [2.75, 3.05) is 13.1 Å². The van der Waals surface area contributed by atoms with Gasteiger partial charge in [0.05, 0.1) is 0 Å². The SMILES string of the molecule is Cc1cc(C2=CC3CN(C(=O)OC(C)(C)C)CC3C2)cnc1Cl. The summed E-state index contributed by atoms with van der Waals surface area (Å²) in [6.45, 7) is 9.17. The molecule has 2 atom stereocenters. The molecule has 1 aromatic heterocycles. The lowest BCUT2D eigenvalue weighted by molar-refractivity contribution is 0.0285. The third kappa shape index (κ3) is 3.52. The first-order chi connectivity index (χ1) is 10.7. The van der Waals surface area contributed by atoms with Crippen molar-refractivity contribution < 1.29 is 9.53 Å². The van der Waals surface area contributed by atoms with E-state index >= 15 is 0 Å². The molecule has 2 unspecified atom stereocenters. The van der Waals surface area contributed by atoms with Gasteiger partial charge in [-0.15, -0.1) is 0 Å². The van der Waals surface area contributed by atoms with Gasteiger partial charge in [0, 0.05) is 19.3 Å². The molecule has 0 spiro atoms. The minimum Gasteiger partial charge on any atom is -0.444 e. The second-order valence-electron chi connectivity index (χ2n) is 7.54. The van der Waals surface area contributed by atoms with Gasteiger partial charge in [0.1, 0.15) is 10.8 Å². The fourth-order valence-corrected chi connectivity index (χ4v) is 3.44. The van der Waals surface area contributed by atoms with E-state index < -0.39 is 5.60 Å². The van der Waals surface area contributed by atoms with E-state index in [0.29, 0.717) is 17.0 Å². The summed E-state index contributed by atoms with van der Waals surface area (Å²) in [7, 11) is 0. The fraction of sp³-hybridized carbons (Fsp3) is 0.556. The molecular weight excluding hydrogens is 312 g/mol. The number of carbonyl (C=O) groups is 1. The van der Waals surface area contributed by atoms with Gasteiger partial charge in [-0.3, -0.25) is 0 Å². The summed E-state index contributed by atoms with van der Waals surface area (Å²) in [6, 6.07) is 2.09. The Bertz CT molecular complexity index is 663. The maximum atomic E-state index is 12.2. The van der Waals surface area contributed by atoms with Gasteiger partial charge in [-0.1, -0.05) is 17.7 Å². The van der Waals surface area contributed by atoms with Crippen LogP contribution in [0, 0.1) is 18.8 Å². The molecule has 1 aliphatic heterocycles. The molecule has 1 amide bonds. The number of pyridine rings is 1. The van der Waals surface area contributed by atoms with E-state index in [4.69, 9.17) is 16.3 Å². The molecule has 1 saturated heterocycles. The summed E-state index contributed by atoms with van der Waals surface area (Å²) < 4.78 is 5.47. The zero-order valence-electron chi connectivity index (χ0n) is 14.1. The van der Waals surface area contributed by atoms with Crippen molar-refractivity contribution in [3.8, 4) is 0 Å². The van der Waals surface area contributed by atoms with Crippen LogP contribution in [0.3, 0.4) is 0 Å². The van der Waals surface area contributed by atoms with Crippen LogP contribution in [0.15, 0.2) is 18.3 Å². The van der Waals surface area contributed by atoms with E-state index in [2.05, 4.69) is 17.1 Å². The molecule has 0 N–H and O–H groups in total. The van der Waals surface area contributed by atoms with E-state index in [1.54, 1.807) is 0 Å². The van der Waals surface area contributed by atoms with Crippen LogP contribution in [0.2, 0.25) is 5.15 Å². The number of amides is 1. The minimum absolute atomic E-state index is 0.203. The predicted molar refractivity (Wildman–Crippen MR) is 91.4 cm³/mol. The predicted octanol–water partition coefficient (Wildman–Crippen LogP) is 4.31. The number of fused-ring (bicyclic) bond motifs is 1. The molecule has 0 radical (unpaired) electrons. The van der Waals surface area contributed by atoms with Gasteiger partial charge in [-0.05, 0) is 68.7 Å². The first kappa shape index (κ1) is 16.3. The number of nitrogens with zero attached hydrogens (tertiary/aromatic N) is 2. The van der Waals surface area contributed by atoms with E-state index in [1.807, 2.05) is 38.8 Å². The second-order valence-corrected chi connectivity index (χ2v) is 7.90. The monoisotopic (exact) mass is 334 g/mol. The highest BCUT2D eigenvalue weighted by Gasteiger charge is 2.39. The third-order valence-corrected chi connectivity index (χ3v) is 4.82. The van der Waals surface area contributed by atoms with Crippen LogP contribution < -0.4 is 0 Å². The number of hydrogen-bond acceptors (Lipinski definition) is 3. The zero-order chi connectivity index (χ0) is 16.8. The van der Waals surface area contributed by atoms with Gasteiger partial charge in [0.15, 0.2) is 0 Å². The highest BCUT2D eigenvalue weighted by Crippen LogP contribution is 2.41. The number of hydrogen-bond donors (Lipinski definition) is 0. The number of ether oxygens (including phenoxy) is 1. The second kappa shape index (κ2) is 5.82. The zero-order valence-corrected chi connectivity index (χ0v) is 14.9. The summed E-state index contributed by atoms with van der Waals surface area (Å²) >= 11 is 6.00. The first-order valence-electron chi connectivity index (χ1n) is 8.04. The fourth-order valence-electron chi connectivity index (χ4n) is 3.33. The summed E-state index contributed by atoms with van der Waals surface area (Å²) in [5.41, 5.74) is 3.01. The van der Waals surface area contributed by atoms with Gasteiger partial charge in [-0.2, -0.15) is 0 Å². The molecule has 124 valence electrons. The Kier molecular flexibility index (Phi) is 4.13. The Balaban J connectivity index is 1.68. The van der Waals surface area contributed by atoms with Crippen LogP contribution in [-0.4, -0.2) is 34.7 Å². The van der Waals surface area contributed by atoms with Crippen LogP contribution in [0.25, 0.3) is 5.57 Å². The van der Waals surface area contributed by atoms with Gasteiger partial charge >= 0.3 is 6.09 Å². The largest absolute Gasteiger partial charge is 0.444 e. The third-order valence-electron chi connectivity index (χ3n) is 4.43. The molecule has 0 saturated carbocycles. The van der Waals surface area contributed by atoms with Crippen molar-refractivity contribution in [1.29, 1.82) is 0 Å². The Hall–Kier alpha value is -1.55. The number of carbonyl (C=O) groups excluding carboxylic acids is 1. The highest BCUT2D eigenvalue weighted by molar-refractivity contribution is 6.30. The van der Waals surface area contributed by atoms with Gasteiger partial charge in [-0.25, -0.2) is 9.78 Å². The van der Waals surface area contributed by atoms with Gasteiger partial charge < -0.3 is 9.64 Å². The Morgan fingerprint density at radius 1 is 1.39 bits per heavy atom. The number of aryl methyl sites for hydroxylation is 1. The van der Waals surface area contributed by atoms with E-state index in [1.165, 1.54) is 5.57 Å². The molecular formula is C18H23ClN2O2. The molecule has 0 bridgehead atoms. The lowest BCUT2D eigenvalue weighted by atomic mass is 9.98. The van der Waals surface area contributed by atoms with Crippen molar-refractivity contribution in [2.45, 2.75) is 39.7 Å². The van der Waals surface area contributed by atoms with E-state index in [9.17, 15) is 4.79 Å². The van der Waals surface area contributed by atoms with Crippen LogP contribution in [0.4, 0.5) is 4.79 Å². The molecule has 1 aromatic rings. The van der Waals surface area contributed by atoms with Crippen molar-refractivity contribution in [2.24, 2.45) is 11.8 Å². The van der Waals surface area contributed by atoms with Crippen LogP contribution in [0.5, 0.6) is 0 Å². The quantitative estimate of drug-likeness (QED) is 0.718. The number of likely N-dealkylation sites (tertiary alicyclic amines) is 1. The minimum atomic E-state index is -0.442. The number of rotatable bonds is 1. The smallest absolute Gasteiger partial charge is 0.410 e. The van der Waals surface area contributed by atoms with Crippen molar-refractivity contribution >= 4 is 23.3 Å². The van der Waals surface area contributed by atoms with Crippen molar-refractivity contribution in [3.63, 3.8) is 0 Å². The molecule has 3 rings (SSSR count). The molecule has 2 heterocycles. The summed E-state index contributed by atoms with van der Waals surface area (Å²) in [4.78, 5) is 18.3. The summed E-state index contributed by atoms with van der Waals surface area (Å²) in [5.74, 6) is 0.891. The normalized spacial score (nSPS) is 23.7. The summed E-state index contributed by atoms with van der Waals surface area (Å²) in [5, 5.41) is 0.559. The Labute approximate surface area is 142 Å². The number of aromatic nitrogens is 1. The molecule has 1 aliphatic carbocycles. The Morgan fingerprint density at radius 3 is 2.74 bits per heavy atom. The molecule has 4 nitrogen and oxygen atoms in total. The van der Waals surface area contributed by atoms with Crippen LogP contribution >= 0.6 is 11.6 Å². The topological polar surface area (TPSA) is 42.4 Å². The van der Waals surface area contributed by atoms with Crippen LogP contribution in [-0.2, 0) is 4.74 Å². The van der Waals surface area contributed by atoms with Gasteiger partial charge in [0.2, 0.25) is 0 Å². The molecule has 0 aromatic carbocycles. The maximum absolute atomic E-state index is 12.2. The molecule has 1 fully saturated rings. The van der Waals surface area contributed by atoms with Crippen molar-refractivity contribution in [1.82, 2.24) is 9.88 Å². The number of halogens is 1. The number of allylic oxidation sites excluding steroid dienone is 1. The molecule has 2 aliphatic rings. The van der Waals surface area contributed by atoms with Crippen molar-refractivity contribution in [3.05, 3.63) is 34.6 Å². The standard InChI is InChI=1S/C18H23ClN2O2/c1-11-5-13(8-20-16(11)19)12-6-14-9-21(10-15(14)7-12)17(22)23-18(2,3)4/h5-6,8,14-15H,7,9-10H2,1-4H3. The Morgan fingerprint density at radius 2 is 2.13 bits per heavy atom. The molecule has 5 heteroatoms. The lowest BCUT2D eigenvalue weighted by Crippen LogP contribution is -2.35. The first-order valence-corrected chi connectivity index (χ1v) is 8.42. The average molecular weight is 335 g/mol.